The molecule has 1 aliphatic heterocycles. The maximum absolute atomic E-state index is 13.4. The second-order valence-electron chi connectivity index (χ2n) is 8.03. The minimum Gasteiger partial charge on any atom is -0.368 e. The highest BCUT2D eigenvalue weighted by Gasteiger charge is 2.33. The van der Waals surface area contributed by atoms with Crippen molar-refractivity contribution in [2.45, 2.75) is 18.9 Å². The monoisotopic (exact) mass is 459 g/mol. The highest BCUT2D eigenvalue weighted by atomic mass is 35.5. The van der Waals surface area contributed by atoms with Gasteiger partial charge >= 0.3 is 0 Å². The van der Waals surface area contributed by atoms with E-state index in [1.165, 1.54) is 0 Å². The van der Waals surface area contributed by atoms with Gasteiger partial charge in [0.05, 0.1) is 29.2 Å². The first-order valence-electron chi connectivity index (χ1n) is 10.6. The number of hydrogen-bond acceptors (Lipinski definition) is 6. The summed E-state index contributed by atoms with van der Waals surface area (Å²) in [6.45, 7) is 0.637. The van der Waals surface area contributed by atoms with E-state index in [2.05, 4.69) is 20.1 Å². The zero-order valence-corrected chi connectivity index (χ0v) is 18.8. The number of anilines is 1. The number of carbonyl (C=O) groups excluding carboxylic acids is 1. The Labute approximate surface area is 196 Å². The fourth-order valence-corrected chi connectivity index (χ4v) is 4.35. The molecule has 1 aromatic carbocycles. The summed E-state index contributed by atoms with van der Waals surface area (Å²) in [4.78, 5) is 28.5. The second kappa shape index (κ2) is 8.63. The van der Waals surface area contributed by atoms with Crippen LogP contribution in [0.1, 0.15) is 34.9 Å². The topological polar surface area (TPSA) is 103 Å². The van der Waals surface area contributed by atoms with Gasteiger partial charge in [-0.1, -0.05) is 23.7 Å². The number of likely N-dealkylation sites (tertiary alicyclic amines) is 1. The average Bonchev–Trinajstić information content (AvgIpc) is 3.49. The van der Waals surface area contributed by atoms with Gasteiger partial charge in [0.25, 0.3) is 5.91 Å². The molecule has 3 aromatic heterocycles. The number of pyridine rings is 1. The van der Waals surface area contributed by atoms with E-state index in [9.17, 15) is 4.79 Å². The fourth-order valence-electron chi connectivity index (χ4n) is 4.22. The molecule has 2 N–H and O–H groups in total. The predicted molar refractivity (Wildman–Crippen MR) is 126 cm³/mol. The Balaban J connectivity index is 1.45. The zero-order chi connectivity index (χ0) is 22.9. The van der Waals surface area contributed by atoms with Crippen molar-refractivity contribution in [1.29, 1.82) is 0 Å². The van der Waals surface area contributed by atoms with E-state index in [1.54, 1.807) is 23.3 Å². The van der Waals surface area contributed by atoms with Gasteiger partial charge in [0.15, 0.2) is 0 Å². The van der Waals surface area contributed by atoms with Gasteiger partial charge in [-0.15, -0.1) is 0 Å². The molecule has 0 radical (unpaired) electrons. The van der Waals surface area contributed by atoms with E-state index in [-0.39, 0.29) is 17.9 Å². The van der Waals surface area contributed by atoms with Crippen LogP contribution in [0.15, 0.2) is 61.2 Å². The minimum absolute atomic E-state index is 0.0815. The molecular weight excluding hydrogens is 438 g/mol. The summed E-state index contributed by atoms with van der Waals surface area (Å²) >= 11 is 6.06. The minimum atomic E-state index is -0.202. The SMILES string of the molecule is Cn1cc(-c2ccc(C(=O)N3CCCC3c3nc(N)ncc3-c3ccc(Cl)cc3)cn2)cn1. The van der Waals surface area contributed by atoms with Gasteiger partial charge in [-0.3, -0.25) is 14.5 Å². The molecule has 9 heteroatoms. The fraction of sp³-hybridized carbons (Fsp3) is 0.208. The van der Waals surface area contributed by atoms with Gasteiger partial charge in [0.2, 0.25) is 5.95 Å². The zero-order valence-electron chi connectivity index (χ0n) is 18.0. The quantitative estimate of drug-likeness (QED) is 0.491. The molecule has 5 rings (SSSR count). The second-order valence-corrected chi connectivity index (χ2v) is 8.46. The number of rotatable bonds is 4. The lowest BCUT2D eigenvalue weighted by Crippen LogP contribution is -2.31. The van der Waals surface area contributed by atoms with Crippen LogP contribution >= 0.6 is 11.6 Å². The van der Waals surface area contributed by atoms with Crippen LogP contribution in [0.25, 0.3) is 22.4 Å². The van der Waals surface area contributed by atoms with Crippen LogP contribution in [0.5, 0.6) is 0 Å². The number of hydrogen-bond donors (Lipinski definition) is 1. The first kappa shape index (κ1) is 21.1. The van der Waals surface area contributed by atoms with Gasteiger partial charge in [-0.25, -0.2) is 9.97 Å². The number of amides is 1. The van der Waals surface area contributed by atoms with Crippen molar-refractivity contribution in [1.82, 2.24) is 29.6 Å². The number of aromatic nitrogens is 5. The molecule has 1 amide bonds. The Hall–Kier alpha value is -3.78. The van der Waals surface area contributed by atoms with Crippen molar-refractivity contribution in [2.24, 2.45) is 7.05 Å². The summed E-state index contributed by atoms with van der Waals surface area (Å²) in [5, 5.41) is 4.82. The van der Waals surface area contributed by atoms with Crippen molar-refractivity contribution in [3.63, 3.8) is 0 Å². The van der Waals surface area contributed by atoms with Crippen molar-refractivity contribution in [2.75, 3.05) is 12.3 Å². The molecule has 0 bridgehead atoms. The normalized spacial score (nSPS) is 15.7. The van der Waals surface area contributed by atoms with Crippen molar-refractivity contribution < 1.29 is 4.79 Å². The number of aryl methyl sites for hydroxylation is 1. The van der Waals surface area contributed by atoms with Gasteiger partial charge < -0.3 is 10.6 Å². The summed E-state index contributed by atoms with van der Waals surface area (Å²) in [5.74, 6) is 0.103. The van der Waals surface area contributed by atoms with Gasteiger partial charge in [-0.2, -0.15) is 5.10 Å². The van der Waals surface area contributed by atoms with E-state index < -0.39 is 0 Å². The molecule has 1 fully saturated rings. The smallest absolute Gasteiger partial charge is 0.255 e. The van der Waals surface area contributed by atoms with E-state index in [1.807, 2.05) is 54.5 Å². The number of nitrogens with two attached hydrogens (primary N) is 1. The maximum Gasteiger partial charge on any atom is 0.255 e. The molecular formula is C24H22ClN7O. The Morgan fingerprint density at radius 1 is 1.06 bits per heavy atom. The van der Waals surface area contributed by atoms with E-state index in [0.717, 1.165) is 40.9 Å². The maximum atomic E-state index is 13.4. The predicted octanol–water partition coefficient (Wildman–Crippen LogP) is 4.15. The molecule has 0 spiro atoms. The van der Waals surface area contributed by atoms with E-state index in [0.29, 0.717) is 17.1 Å². The Morgan fingerprint density at radius 3 is 2.58 bits per heavy atom. The third kappa shape index (κ3) is 4.17. The number of halogens is 1. The lowest BCUT2D eigenvalue weighted by molar-refractivity contribution is 0.0733. The molecule has 166 valence electrons. The highest BCUT2D eigenvalue weighted by molar-refractivity contribution is 6.30. The summed E-state index contributed by atoms with van der Waals surface area (Å²) in [6, 6.07) is 10.9. The Kier molecular flexibility index (Phi) is 5.51. The number of benzene rings is 1. The van der Waals surface area contributed by atoms with Crippen LogP contribution in [-0.4, -0.2) is 42.1 Å². The first-order valence-corrected chi connectivity index (χ1v) is 11.0. The number of nitrogen functional groups attached to an aromatic ring is 1. The molecule has 1 unspecified atom stereocenters. The highest BCUT2D eigenvalue weighted by Crippen LogP contribution is 2.37. The molecule has 0 saturated carbocycles. The van der Waals surface area contributed by atoms with Crippen molar-refractivity contribution in [3.8, 4) is 22.4 Å². The summed E-state index contributed by atoms with van der Waals surface area (Å²) in [6.07, 6.45) is 8.64. The molecule has 0 aliphatic carbocycles. The largest absolute Gasteiger partial charge is 0.368 e. The van der Waals surface area contributed by atoms with Crippen LogP contribution in [0.3, 0.4) is 0 Å². The number of nitrogens with zero attached hydrogens (tertiary/aromatic N) is 6. The van der Waals surface area contributed by atoms with Crippen LogP contribution < -0.4 is 5.73 Å². The molecule has 4 heterocycles. The Morgan fingerprint density at radius 2 is 1.88 bits per heavy atom. The summed E-state index contributed by atoms with van der Waals surface area (Å²) in [7, 11) is 1.85. The third-order valence-electron chi connectivity index (χ3n) is 5.83. The molecule has 4 aromatic rings. The molecule has 1 atom stereocenters. The van der Waals surface area contributed by atoms with Gasteiger partial charge in [-0.05, 0) is 42.7 Å². The lowest BCUT2D eigenvalue weighted by atomic mass is 9.99. The standard InChI is InChI=1S/C24H22ClN7O/c1-31-14-17(12-29-31)20-9-6-16(11-27-20)23(33)32-10-2-3-21(32)22-19(13-28-24(26)30-22)15-4-7-18(25)8-5-15/h4-9,11-14,21H,2-3,10H2,1H3,(H2,26,28,30). The summed E-state index contributed by atoms with van der Waals surface area (Å²) in [5.41, 5.74) is 10.7. The molecule has 8 nitrogen and oxygen atoms in total. The average molecular weight is 460 g/mol. The van der Waals surface area contributed by atoms with Crippen molar-refractivity contribution in [3.05, 3.63) is 77.5 Å². The molecule has 1 aliphatic rings. The first-order chi connectivity index (χ1) is 16.0. The van der Waals surface area contributed by atoms with Crippen LogP contribution in [0, 0.1) is 0 Å². The van der Waals surface area contributed by atoms with Crippen molar-refractivity contribution >= 4 is 23.5 Å². The van der Waals surface area contributed by atoms with Crippen LogP contribution in [0.2, 0.25) is 5.02 Å². The molecule has 33 heavy (non-hydrogen) atoms. The van der Waals surface area contributed by atoms with Gasteiger partial charge in [0, 0.05) is 48.3 Å². The van der Waals surface area contributed by atoms with Crippen LogP contribution in [0.4, 0.5) is 5.95 Å². The van der Waals surface area contributed by atoms with Crippen LogP contribution in [-0.2, 0) is 7.05 Å². The molecule has 1 saturated heterocycles. The lowest BCUT2D eigenvalue weighted by Gasteiger charge is -2.26. The number of carbonyl (C=O) groups is 1. The van der Waals surface area contributed by atoms with E-state index in [4.69, 9.17) is 17.3 Å². The summed E-state index contributed by atoms with van der Waals surface area (Å²) < 4.78 is 1.72. The van der Waals surface area contributed by atoms with Gasteiger partial charge in [0.1, 0.15) is 0 Å². The van der Waals surface area contributed by atoms with E-state index >= 15 is 0 Å². The third-order valence-corrected chi connectivity index (χ3v) is 6.08. The Bertz CT molecular complexity index is 1300.